The molecule has 0 amide bonds. The molecule has 0 radical (unpaired) electrons. The van der Waals surface area contributed by atoms with Gasteiger partial charge in [0.1, 0.15) is 0 Å². The Kier molecular flexibility index (Phi) is 9.29. The van der Waals surface area contributed by atoms with Gasteiger partial charge in [-0.3, -0.25) is 0 Å². The Morgan fingerprint density at radius 3 is 1.19 bits per heavy atom. The van der Waals surface area contributed by atoms with Gasteiger partial charge in [-0.25, -0.2) is 0 Å². The van der Waals surface area contributed by atoms with Crippen LogP contribution in [0.15, 0.2) is 200 Å². The molecule has 0 unspecified atom stereocenters. The number of hydrogen-bond donors (Lipinski definition) is 0. The van der Waals surface area contributed by atoms with Crippen molar-refractivity contribution in [3.8, 4) is 33.4 Å². The van der Waals surface area contributed by atoms with Gasteiger partial charge in [0.2, 0.25) is 0 Å². The highest BCUT2D eigenvalue weighted by Gasteiger charge is 2.48. The fourth-order valence-corrected chi connectivity index (χ4v) is 8.96. The minimum atomic E-state index is -0.551. The van der Waals surface area contributed by atoms with Gasteiger partial charge in [-0.2, -0.15) is 0 Å². The fraction of sp³-hybridized carbons (Fsp3) is 0.158. The normalized spacial score (nSPS) is 13.1. The molecular weight excluding hydrogens is 699 g/mol. The van der Waals surface area contributed by atoms with E-state index in [4.69, 9.17) is 0 Å². The first kappa shape index (κ1) is 37.2. The molecule has 0 N–H and O–H groups in total. The fourth-order valence-electron chi connectivity index (χ4n) is 8.96. The second-order valence-electron chi connectivity index (χ2n) is 17.8. The zero-order valence-electron chi connectivity index (χ0n) is 34.5. The van der Waals surface area contributed by atoms with Crippen LogP contribution < -0.4 is 4.90 Å². The first-order chi connectivity index (χ1) is 28.0. The zero-order valence-corrected chi connectivity index (χ0v) is 34.5. The molecule has 0 saturated carbocycles. The van der Waals surface area contributed by atoms with Crippen LogP contribution in [0.25, 0.3) is 33.4 Å². The summed E-state index contributed by atoms with van der Waals surface area (Å²) in [7, 11) is 0. The van der Waals surface area contributed by atoms with Crippen LogP contribution in [-0.4, -0.2) is 0 Å². The van der Waals surface area contributed by atoms with Crippen molar-refractivity contribution in [3.63, 3.8) is 0 Å². The number of nitrogens with zero attached hydrogens (tertiary/aromatic N) is 1. The second-order valence-corrected chi connectivity index (χ2v) is 17.8. The van der Waals surface area contributed by atoms with Crippen LogP contribution in [0.1, 0.15) is 74.9 Å². The van der Waals surface area contributed by atoms with E-state index >= 15 is 0 Å². The van der Waals surface area contributed by atoms with E-state index in [9.17, 15) is 0 Å². The first-order valence-corrected chi connectivity index (χ1v) is 20.6. The predicted octanol–water partition coefficient (Wildman–Crippen LogP) is 15.4. The molecule has 0 aliphatic heterocycles. The summed E-state index contributed by atoms with van der Waals surface area (Å²) in [5.74, 6) is 0. The molecule has 0 aromatic heterocycles. The van der Waals surface area contributed by atoms with Crippen LogP contribution in [0.5, 0.6) is 0 Å². The minimum absolute atomic E-state index is 0.0324. The maximum absolute atomic E-state index is 2.53. The molecule has 1 heteroatoms. The van der Waals surface area contributed by atoms with Gasteiger partial charge >= 0.3 is 0 Å². The van der Waals surface area contributed by atoms with E-state index in [1.807, 2.05) is 0 Å². The van der Waals surface area contributed by atoms with Crippen LogP contribution >= 0.6 is 0 Å². The lowest BCUT2D eigenvalue weighted by Crippen LogP contribution is -2.30. The molecule has 284 valence electrons. The third kappa shape index (κ3) is 6.45. The van der Waals surface area contributed by atoms with Gasteiger partial charge in [0, 0.05) is 16.9 Å². The predicted molar refractivity (Wildman–Crippen MR) is 247 cm³/mol. The van der Waals surface area contributed by atoms with Gasteiger partial charge in [-0.05, 0) is 102 Å². The zero-order chi connectivity index (χ0) is 40.1. The van der Waals surface area contributed by atoms with Crippen LogP contribution in [0.2, 0.25) is 0 Å². The van der Waals surface area contributed by atoms with Gasteiger partial charge in [0.25, 0.3) is 0 Å². The van der Waals surface area contributed by atoms with Gasteiger partial charge in [-0.1, -0.05) is 211 Å². The Labute approximate surface area is 345 Å². The van der Waals surface area contributed by atoms with Gasteiger partial charge < -0.3 is 4.90 Å². The Morgan fingerprint density at radius 2 is 0.759 bits per heavy atom. The Bertz CT molecular complexity index is 2560. The Balaban J connectivity index is 1.39. The first-order valence-electron chi connectivity index (χ1n) is 20.6. The molecule has 0 fully saturated rings. The molecule has 1 aliphatic carbocycles. The van der Waals surface area contributed by atoms with Crippen molar-refractivity contribution in [2.45, 2.75) is 57.8 Å². The summed E-state index contributed by atoms with van der Waals surface area (Å²) in [5.41, 5.74) is 17.9. The van der Waals surface area contributed by atoms with Crippen molar-refractivity contribution in [2.24, 2.45) is 0 Å². The highest BCUT2D eigenvalue weighted by Crippen LogP contribution is 2.61. The van der Waals surface area contributed by atoms with E-state index in [0.717, 1.165) is 11.4 Å². The molecule has 8 aromatic rings. The van der Waals surface area contributed by atoms with Crippen molar-refractivity contribution in [1.82, 2.24) is 0 Å². The SMILES string of the molecule is CC(C)(C)c1ccc2c(c1)C(c1ccccc1)(c1ccccc1)c1cc(C(C)(C)C)cc(N(c3ccc(-c4ccccc4)cc3)c3ccc(-c4ccccc4)cc3)c1-2. The third-order valence-electron chi connectivity index (χ3n) is 12.1. The van der Waals surface area contributed by atoms with Crippen molar-refractivity contribution in [1.29, 1.82) is 0 Å². The van der Waals surface area contributed by atoms with E-state index in [0.29, 0.717) is 0 Å². The lowest BCUT2D eigenvalue weighted by atomic mass is 9.66. The minimum Gasteiger partial charge on any atom is -0.310 e. The third-order valence-corrected chi connectivity index (χ3v) is 12.1. The topological polar surface area (TPSA) is 3.24 Å². The monoisotopic (exact) mass is 749 g/mol. The van der Waals surface area contributed by atoms with E-state index in [2.05, 4.69) is 247 Å². The Morgan fingerprint density at radius 1 is 0.362 bits per heavy atom. The van der Waals surface area contributed by atoms with Crippen LogP contribution in [0, 0.1) is 0 Å². The van der Waals surface area contributed by atoms with Crippen LogP contribution in [-0.2, 0) is 16.2 Å². The van der Waals surface area contributed by atoms with E-state index < -0.39 is 5.41 Å². The van der Waals surface area contributed by atoms with Crippen LogP contribution in [0.3, 0.4) is 0 Å². The van der Waals surface area contributed by atoms with Gasteiger partial charge in [0.15, 0.2) is 0 Å². The van der Waals surface area contributed by atoms with Crippen molar-refractivity contribution >= 4 is 17.1 Å². The highest BCUT2D eigenvalue weighted by atomic mass is 15.1. The standard InChI is InChI=1S/C57H51N/c1-55(2,3)46-31-36-50-51(37-46)57(44-23-15-9-16-24-44,45-25-17-10-18-26-45)52-38-47(56(4,5)6)39-53(54(50)52)58(48-32-27-42(28-33-48)40-19-11-7-12-20-40)49-34-29-43(30-35-49)41-21-13-8-14-22-41/h7-39H,1-6H3. The molecule has 8 aromatic carbocycles. The van der Waals surface area contributed by atoms with Crippen molar-refractivity contribution in [3.05, 3.63) is 234 Å². The van der Waals surface area contributed by atoms with E-state index in [1.165, 1.54) is 72.4 Å². The number of fused-ring (bicyclic) bond motifs is 3. The smallest absolute Gasteiger partial charge is 0.0714 e. The molecule has 58 heavy (non-hydrogen) atoms. The van der Waals surface area contributed by atoms with E-state index in [-0.39, 0.29) is 10.8 Å². The van der Waals surface area contributed by atoms with Crippen molar-refractivity contribution in [2.75, 3.05) is 4.90 Å². The number of hydrogen-bond acceptors (Lipinski definition) is 1. The molecule has 0 saturated heterocycles. The summed E-state index contributed by atoms with van der Waals surface area (Å²) in [6.45, 7) is 14.0. The van der Waals surface area contributed by atoms with Gasteiger partial charge in [-0.15, -0.1) is 0 Å². The van der Waals surface area contributed by atoms with Crippen LogP contribution in [0.4, 0.5) is 17.1 Å². The Hall–Kier alpha value is -6.44. The summed E-state index contributed by atoms with van der Waals surface area (Å²) in [4.78, 5) is 2.51. The second kappa shape index (κ2) is 14.5. The molecular formula is C57H51N. The number of benzene rings is 8. The maximum atomic E-state index is 2.53. The summed E-state index contributed by atoms with van der Waals surface area (Å²) in [6, 6.07) is 74.3. The average molecular weight is 750 g/mol. The average Bonchev–Trinajstić information content (AvgIpc) is 3.55. The number of rotatable bonds is 7. The van der Waals surface area contributed by atoms with E-state index in [1.54, 1.807) is 0 Å². The summed E-state index contributed by atoms with van der Waals surface area (Å²) in [6.07, 6.45) is 0. The summed E-state index contributed by atoms with van der Waals surface area (Å²) >= 11 is 0. The molecule has 0 spiro atoms. The molecule has 0 heterocycles. The molecule has 9 rings (SSSR count). The summed E-state index contributed by atoms with van der Waals surface area (Å²) < 4.78 is 0. The molecule has 1 aliphatic rings. The highest BCUT2D eigenvalue weighted by molar-refractivity contribution is 5.98. The van der Waals surface area contributed by atoms with Gasteiger partial charge in [0.05, 0.1) is 11.1 Å². The molecule has 0 bridgehead atoms. The quantitative estimate of drug-likeness (QED) is 0.157. The largest absolute Gasteiger partial charge is 0.310 e. The summed E-state index contributed by atoms with van der Waals surface area (Å²) in [5, 5.41) is 0. The lowest BCUT2D eigenvalue weighted by Gasteiger charge is -2.36. The number of anilines is 3. The lowest BCUT2D eigenvalue weighted by molar-refractivity contribution is 0.586. The maximum Gasteiger partial charge on any atom is 0.0714 e. The molecule has 0 atom stereocenters. The molecule has 1 nitrogen and oxygen atoms in total. The van der Waals surface area contributed by atoms with Crippen molar-refractivity contribution < 1.29 is 0 Å².